The summed E-state index contributed by atoms with van der Waals surface area (Å²) in [6.07, 6.45) is 5.85. The number of aryl methyl sites for hydroxylation is 1. The van der Waals surface area contributed by atoms with E-state index in [1.807, 2.05) is 4.90 Å². The smallest absolute Gasteiger partial charge is 0.234 e. The number of unbranched alkanes of at least 4 members (excludes halogenated alkanes) is 1. The van der Waals surface area contributed by atoms with Crippen LogP contribution in [0, 0.1) is 0 Å². The normalized spacial score (nSPS) is 18.0. The third-order valence-electron chi connectivity index (χ3n) is 5.05. The summed E-state index contributed by atoms with van der Waals surface area (Å²) < 4.78 is 1.10. The molecule has 1 aliphatic heterocycles. The molecule has 0 bridgehead atoms. The standard InChI is InChI=1S/C20H28BrN3O2/c21-17-7-5-16(6-8-17)3-1-2-4-20(26)24-13-11-23(12-14-24)15-19(25)22-18-9-10-18/h5-8,18H,1-4,9-15H2,(H,22,25). The van der Waals surface area contributed by atoms with Crippen LogP contribution in [0.5, 0.6) is 0 Å². The lowest BCUT2D eigenvalue weighted by molar-refractivity contribution is -0.133. The van der Waals surface area contributed by atoms with Crippen molar-refractivity contribution in [1.82, 2.24) is 15.1 Å². The monoisotopic (exact) mass is 421 g/mol. The van der Waals surface area contributed by atoms with Gasteiger partial charge in [-0.3, -0.25) is 14.5 Å². The maximum Gasteiger partial charge on any atom is 0.234 e. The molecule has 1 aromatic carbocycles. The van der Waals surface area contributed by atoms with Gasteiger partial charge in [-0.05, 0) is 49.8 Å². The highest BCUT2D eigenvalue weighted by molar-refractivity contribution is 9.10. The van der Waals surface area contributed by atoms with E-state index in [0.717, 1.165) is 62.8 Å². The van der Waals surface area contributed by atoms with Crippen LogP contribution in [0.3, 0.4) is 0 Å². The van der Waals surface area contributed by atoms with Crippen molar-refractivity contribution in [3.05, 3.63) is 34.3 Å². The van der Waals surface area contributed by atoms with Crippen LogP contribution in [0.4, 0.5) is 0 Å². The molecule has 0 aromatic heterocycles. The molecule has 0 spiro atoms. The third kappa shape index (κ3) is 6.40. The van der Waals surface area contributed by atoms with Crippen molar-refractivity contribution >= 4 is 27.7 Å². The number of hydrogen-bond donors (Lipinski definition) is 1. The molecular formula is C20H28BrN3O2. The lowest BCUT2D eigenvalue weighted by atomic mass is 10.1. The fourth-order valence-corrected chi connectivity index (χ4v) is 3.54. The highest BCUT2D eigenvalue weighted by atomic mass is 79.9. The van der Waals surface area contributed by atoms with E-state index in [4.69, 9.17) is 0 Å². The summed E-state index contributed by atoms with van der Waals surface area (Å²) in [5.74, 6) is 0.378. The average molecular weight is 422 g/mol. The fourth-order valence-electron chi connectivity index (χ4n) is 3.27. The molecule has 5 nitrogen and oxygen atoms in total. The first kappa shape index (κ1) is 19.4. The largest absolute Gasteiger partial charge is 0.352 e. The quantitative estimate of drug-likeness (QED) is 0.656. The van der Waals surface area contributed by atoms with Gasteiger partial charge in [0.25, 0.3) is 0 Å². The van der Waals surface area contributed by atoms with Gasteiger partial charge in [0.2, 0.25) is 11.8 Å². The Labute approximate surface area is 164 Å². The van der Waals surface area contributed by atoms with E-state index in [1.54, 1.807) is 0 Å². The van der Waals surface area contributed by atoms with Crippen LogP contribution in [0.25, 0.3) is 0 Å². The van der Waals surface area contributed by atoms with Gasteiger partial charge in [-0.15, -0.1) is 0 Å². The van der Waals surface area contributed by atoms with Crippen molar-refractivity contribution in [3.8, 4) is 0 Å². The Morgan fingerprint density at radius 1 is 1.04 bits per heavy atom. The van der Waals surface area contributed by atoms with Crippen LogP contribution in [0.15, 0.2) is 28.7 Å². The second-order valence-electron chi connectivity index (χ2n) is 7.33. The van der Waals surface area contributed by atoms with Crippen molar-refractivity contribution in [3.63, 3.8) is 0 Å². The van der Waals surface area contributed by atoms with E-state index in [1.165, 1.54) is 5.56 Å². The average Bonchev–Trinajstić information content (AvgIpc) is 3.44. The molecule has 1 aromatic rings. The zero-order valence-electron chi connectivity index (χ0n) is 15.3. The van der Waals surface area contributed by atoms with Crippen LogP contribution < -0.4 is 5.32 Å². The molecule has 142 valence electrons. The zero-order valence-corrected chi connectivity index (χ0v) is 16.8. The van der Waals surface area contributed by atoms with Crippen LogP contribution >= 0.6 is 15.9 Å². The summed E-state index contributed by atoms with van der Waals surface area (Å²) in [6, 6.07) is 8.80. The molecule has 0 unspecified atom stereocenters. The van der Waals surface area contributed by atoms with Gasteiger partial charge in [-0.25, -0.2) is 0 Å². The number of carbonyl (C=O) groups is 2. The number of hydrogen-bond acceptors (Lipinski definition) is 3. The van der Waals surface area contributed by atoms with Gasteiger partial charge >= 0.3 is 0 Å². The van der Waals surface area contributed by atoms with Gasteiger partial charge in [0, 0.05) is 43.1 Å². The lowest BCUT2D eigenvalue weighted by Gasteiger charge is -2.34. The molecule has 1 saturated carbocycles. The van der Waals surface area contributed by atoms with Gasteiger partial charge in [-0.2, -0.15) is 0 Å². The molecule has 2 aliphatic rings. The molecule has 6 heteroatoms. The molecule has 0 radical (unpaired) electrons. The molecule has 1 aliphatic carbocycles. The molecule has 1 saturated heterocycles. The van der Waals surface area contributed by atoms with Gasteiger partial charge < -0.3 is 10.2 Å². The Morgan fingerprint density at radius 2 is 1.73 bits per heavy atom. The minimum absolute atomic E-state index is 0.125. The zero-order chi connectivity index (χ0) is 18.4. The Bertz CT molecular complexity index is 608. The number of carbonyl (C=O) groups excluding carboxylic acids is 2. The predicted octanol–water partition coefficient (Wildman–Crippen LogP) is 2.58. The first-order valence-corrected chi connectivity index (χ1v) is 10.4. The second-order valence-corrected chi connectivity index (χ2v) is 8.25. The Morgan fingerprint density at radius 3 is 2.38 bits per heavy atom. The van der Waals surface area contributed by atoms with E-state index in [9.17, 15) is 9.59 Å². The van der Waals surface area contributed by atoms with Crippen molar-refractivity contribution in [2.24, 2.45) is 0 Å². The summed E-state index contributed by atoms with van der Waals surface area (Å²) in [4.78, 5) is 28.3. The molecule has 1 heterocycles. The molecule has 2 amide bonds. The van der Waals surface area contributed by atoms with E-state index < -0.39 is 0 Å². The fraction of sp³-hybridized carbons (Fsp3) is 0.600. The van der Waals surface area contributed by atoms with Crippen LogP contribution in [-0.4, -0.2) is 60.4 Å². The van der Waals surface area contributed by atoms with Gasteiger partial charge in [0.05, 0.1) is 6.54 Å². The van der Waals surface area contributed by atoms with Crippen LogP contribution in [-0.2, 0) is 16.0 Å². The maximum absolute atomic E-state index is 12.4. The highest BCUT2D eigenvalue weighted by Gasteiger charge is 2.26. The van der Waals surface area contributed by atoms with Crippen molar-refractivity contribution in [1.29, 1.82) is 0 Å². The number of benzene rings is 1. The summed E-state index contributed by atoms with van der Waals surface area (Å²) >= 11 is 3.44. The number of piperazine rings is 1. The van der Waals surface area contributed by atoms with Gasteiger partial charge in [0.1, 0.15) is 0 Å². The minimum atomic E-state index is 0.125. The topological polar surface area (TPSA) is 52.7 Å². The van der Waals surface area contributed by atoms with E-state index in [2.05, 4.69) is 50.4 Å². The molecule has 26 heavy (non-hydrogen) atoms. The van der Waals surface area contributed by atoms with E-state index in [0.29, 0.717) is 19.0 Å². The maximum atomic E-state index is 12.4. The molecule has 0 atom stereocenters. The Kier molecular flexibility index (Phi) is 7.08. The van der Waals surface area contributed by atoms with Crippen molar-refractivity contribution in [2.45, 2.75) is 44.6 Å². The van der Waals surface area contributed by atoms with Crippen molar-refractivity contribution < 1.29 is 9.59 Å². The summed E-state index contributed by atoms with van der Waals surface area (Å²) in [7, 11) is 0. The number of nitrogens with one attached hydrogen (secondary N) is 1. The first-order chi connectivity index (χ1) is 12.6. The molecule has 1 N–H and O–H groups in total. The molecule has 3 rings (SSSR count). The highest BCUT2D eigenvalue weighted by Crippen LogP contribution is 2.18. The third-order valence-corrected chi connectivity index (χ3v) is 5.58. The molecular weight excluding hydrogens is 394 g/mol. The first-order valence-electron chi connectivity index (χ1n) is 9.64. The SMILES string of the molecule is O=C(CN1CCN(C(=O)CCCCc2ccc(Br)cc2)CC1)NC1CC1. The second kappa shape index (κ2) is 9.51. The number of amides is 2. The summed E-state index contributed by atoms with van der Waals surface area (Å²) in [6.45, 7) is 3.53. The van der Waals surface area contributed by atoms with E-state index >= 15 is 0 Å². The summed E-state index contributed by atoms with van der Waals surface area (Å²) in [5, 5.41) is 3.02. The van der Waals surface area contributed by atoms with Crippen molar-refractivity contribution in [2.75, 3.05) is 32.7 Å². The lowest BCUT2D eigenvalue weighted by Crippen LogP contribution is -2.51. The van der Waals surface area contributed by atoms with Gasteiger partial charge in [-0.1, -0.05) is 28.1 Å². The number of rotatable bonds is 8. The minimum Gasteiger partial charge on any atom is -0.352 e. The molecule has 2 fully saturated rings. The Hall–Kier alpha value is -1.40. The van der Waals surface area contributed by atoms with Gasteiger partial charge in [0.15, 0.2) is 0 Å². The number of halogens is 1. The number of nitrogens with zero attached hydrogens (tertiary/aromatic N) is 2. The van der Waals surface area contributed by atoms with Crippen LogP contribution in [0.1, 0.15) is 37.7 Å². The Balaban J connectivity index is 1.28. The predicted molar refractivity (Wildman–Crippen MR) is 106 cm³/mol. The van der Waals surface area contributed by atoms with E-state index in [-0.39, 0.29) is 11.8 Å². The van der Waals surface area contributed by atoms with Crippen LogP contribution in [0.2, 0.25) is 0 Å². The summed E-state index contributed by atoms with van der Waals surface area (Å²) in [5.41, 5.74) is 1.32.